The van der Waals surface area contributed by atoms with Crippen LogP contribution in [0.15, 0.2) is 18.2 Å². The normalized spacial score (nSPS) is 11.9. The zero-order valence-corrected chi connectivity index (χ0v) is 12.4. The van der Waals surface area contributed by atoms with E-state index in [1.54, 1.807) is 0 Å². The highest BCUT2D eigenvalue weighted by atomic mass is 79.9. The Hall–Kier alpha value is -1.64. The summed E-state index contributed by atoms with van der Waals surface area (Å²) in [5.74, 6) is -10.9. The quantitative estimate of drug-likeness (QED) is 0.250. The van der Waals surface area contributed by atoms with Crippen LogP contribution in [0.4, 0.5) is 35.1 Å². The Kier molecular flexibility index (Phi) is 4.70. The van der Waals surface area contributed by atoms with Crippen molar-refractivity contribution in [3.63, 3.8) is 0 Å². The van der Waals surface area contributed by atoms with Crippen molar-refractivity contribution in [2.75, 3.05) is 0 Å². The maximum atomic E-state index is 13.8. The van der Waals surface area contributed by atoms with E-state index >= 15 is 0 Å². The van der Waals surface area contributed by atoms with Gasteiger partial charge in [0.2, 0.25) is 5.82 Å². The highest BCUT2D eigenvalue weighted by Crippen LogP contribution is 2.37. The Morgan fingerprint density at radius 3 is 1.70 bits per heavy atom. The van der Waals surface area contributed by atoms with Gasteiger partial charge in [0, 0.05) is 5.33 Å². The van der Waals surface area contributed by atoms with Gasteiger partial charge in [0.15, 0.2) is 23.3 Å². The molecule has 0 bridgehead atoms. The minimum absolute atomic E-state index is 0.275. The number of alkyl halides is 4. The molecule has 0 radical (unpaired) electrons. The summed E-state index contributed by atoms with van der Waals surface area (Å²) in [7, 11) is 0. The molecule has 0 saturated heterocycles. The summed E-state index contributed by atoms with van der Waals surface area (Å²) in [5, 5.41) is -0.286. The molecule has 0 amide bonds. The third kappa shape index (κ3) is 3.06. The second kappa shape index (κ2) is 6.10. The van der Waals surface area contributed by atoms with Crippen LogP contribution in [0, 0.1) is 29.1 Å². The average Bonchev–Trinajstić information content (AvgIpc) is 2.50. The van der Waals surface area contributed by atoms with Crippen molar-refractivity contribution in [2.45, 2.75) is 11.5 Å². The van der Waals surface area contributed by atoms with E-state index in [0.29, 0.717) is 18.2 Å². The van der Waals surface area contributed by atoms with Gasteiger partial charge >= 0.3 is 6.18 Å². The molecule has 0 N–H and O–H groups in total. The summed E-state index contributed by atoms with van der Waals surface area (Å²) in [6.07, 6.45) is -4.72. The van der Waals surface area contributed by atoms with Gasteiger partial charge in [0.05, 0.1) is 11.1 Å². The SMILES string of the molecule is Fc1c(F)c(F)c(-c2ccc(C(F)(F)F)cc2CBr)c(F)c1F. The molecule has 0 fully saturated rings. The van der Waals surface area contributed by atoms with Gasteiger partial charge in [-0.05, 0) is 23.3 Å². The number of benzene rings is 2. The minimum atomic E-state index is -4.72. The standard InChI is InChI=1S/C14H5BrF8/c15-4-5-3-6(14(21,22)23)1-2-7(5)8-9(16)11(18)13(20)12(19)10(8)17/h1-3H,4H2. The Balaban J connectivity index is 2.78. The van der Waals surface area contributed by atoms with Crippen molar-refractivity contribution >= 4 is 15.9 Å². The molecular weight excluding hydrogens is 400 g/mol. The van der Waals surface area contributed by atoms with Crippen LogP contribution in [0.5, 0.6) is 0 Å². The molecule has 9 heteroatoms. The first kappa shape index (κ1) is 17.7. The van der Waals surface area contributed by atoms with Crippen LogP contribution in [0.1, 0.15) is 11.1 Å². The average molecular weight is 405 g/mol. The van der Waals surface area contributed by atoms with Gasteiger partial charge in [-0.2, -0.15) is 13.2 Å². The molecule has 2 aromatic carbocycles. The molecule has 0 aliphatic rings. The molecule has 0 aliphatic carbocycles. The topological polar surface area (TPSA) is 0 Å². The van der Waals surface area contributed by atoms with Gasteiger partial charge in [0.1, 0.15) is 0 Å². The molecule has 23 heavy (non-hydrogen) atoms. The second-order valence-electron chi connectivity index (χ2n) is 4.45. The molecule has 0 aliphatic heterocycles. The zero-order chi connectivity index (χ0) is 17.5. The Morgan fingerprint density at radius 1 is 0.783 bits per heavy atom. The van der Waals surface area contributed by atoms with E-state index < -0.39 is 52.0 Å². The van der Waals surface area contributed by atoms with Crippen molar-refractivity contribution in [1.82, 2.24) is 0 Å². The van der Waals surface area contributed by atoms with E-state index in [4.69, 9.17) is 0 Å². The maximum absolute atomic E-state index is 13.8. The van der Waals surface area contributed by atoms with Crippen LogP contribution in [0.3, 0.4) is 0 Å². The fraction of sp³-hybridized carbons (Fsp3) is 0.143. The second-order valence-corrected chi connectivity index (χ2v) is 5.01. The van der Waals surface area contributed by atoms with Gasteiger partial charge in [-0.25, -0.2) is 22.0 Å². The Labute approximate surface area is 132 Å². The molecule has 0 atom stereocenters. The molecule has 0 aromatic heterocycles. The molecule has 0 spiro atoms. The molecule has 0 saturated carbocycles. The van der Waals surface area contributed by atoms with Gasteiger partial charge in [-0.15, -0.1) is 0 Å². The van der Waals surface area contributed by atoms with Crippen LogP contribution in [-0.4, -0.2) is 0 Å². The first-order valence-corrected chi connectivity index (χ1v) is 6.99. The first-order valence-electron chi connectivity index (χ1n) is 5.87. The Morgan fingerprint density at radius 2 is 1.26 bits per heavy atom. The fourth-order valence-corrected chi connectivity index (χ4v) is 2.43. The smallest absolute Gasteiger partial charge is 0.203 e. The van der Waals surface area contributed by atoms with E-state index in [1.165, 1.54) is 0 Å². The van der Waals surface area contributed by atoms with E-state index in [1.807, 2.05) is 0 Å². The van der Waals surface area contributed by atoms with Gasteiger partial charge < -0.3 is 0 Å². The zero-order valence-electron chi connectivity index (χ0n) is 10.8. The number of hydrogen-bond donors (Lipinski definition) is 0. The number of rotatable bonds is 2. The molecule has 2 aromatic rings. The van der Waals surface area contributed by atoms with Gasteiger partial charge in [-0.1, -0.05) is 22.0 Å². The lowest BCUT2D eigenvalue weighted by Crippen LogP contribution is -2.08. The van der Waals surface area contributed by atoms with E-state index in [9.17, 15) is 35.1 Å². The first-order chi connectivity index (χ1) is 10.6. The van der Waals surface area contributed by atoms with Crippen molar-refractivity contribution < 1.29 is 35.1 Å². The van der Waals surface area contributed by atoms with E-state index in [-0.39, 0.29) is 10.9 Å². The van der Waals surface area contributed by atoms with Crippen LogP contribution in [-0.2, 0) is 11.5 Å². The van der Waals surface area contributed by atoms with Crippen LogP contribution < -0.4 is 0 Å². The molecule has 0 heterocycles. The summed E-state index contributed by atoms with van der Waals surface area (Å²) in [4.78, 5) is 0. The molecule has 124 valence electrons. The van der Waals surface area contributed by atoms with Crippen molar-refractivity contribution in [3.8, 4) is 11.1 Å². The molecule has 0 nitrogen and oxygen atoms in total. The van der Waals surface area contributed by atoms with Crippen molar-refractivity contribution in [2.24, 2.45) is 0 Å². The Bertz CT molecular complexity index is 737. The monoisotopic (exact) mass is 404 g/mol. The summed E-state index contributed by atoms with van der Waals surface area (Å²) < 4.78 is 105. The predicted octanol–water partition coefficient (Wildman–Crippen LogP) is 5.96. The highest BCUT2D eigenvalue weighted by molar-refractivity contribution is 9.08. The summed E-state index contributed by atoms with van der Waals surface area (Å²) in [5.41, 5.74) is -3.19. The maximum Gasteiger partial charge on any atom is 0.416 e. The predicted molar refractivity (Wildman–Crippen MR) is 69.3 cm³/mol. The van der Waals surface area contributed by atoms with E-state index in [0.717, 1.165) is 0 Å². The van der Waals surface area contributed by atoms with Crippen LogP contribution in [0.2, 0.25) is 0 Å². The van der Waals surface area contributed by atoms with Gasteiger partial charge in [0.25, 0.3) is 0 Å². The molecule has 2 rings (SSSR count). The third-order valence-electron chi connectivity index (χ3n) is 3.06. The van der Waals surface area contributed by atoms with Crippen molar-refractivity contribution in [1.29, 1.82) is 0 Å². The highest BCUT2D eigenvalue weighted by Gasteiger charge is 2.32. The van der Waals surface area contributed by atoms with Crippen molar-refractivity contribution in [3.05, 3.63) is 58.4 Å². The number of halogens is 9. The summed E-state index contributed by atoms with van der Waals surface area (Å²) in [6, 6.07) is 1.74. The number of hydrogen-bond acceptors (Lipinski definition) is 0. The summed E-state index contributed by atoms with van der Waals surface area (Å²) in [6.45, 7) is 0. The molecule has 0 unspecified atom stereocenters. The fourth-order valence-electron chi connectivity index (χ4n) is 1.97. The van der Waals surface area contributed by atoms with Crippen LogP contribution in [0.25, 0.3) is 11.1 Å². The lowest BCUT2D eigenvalue weighted by atomic mass is 9.97. The van der Waals surface area contributed by atoms with Crippen LogP contribution >= 0.6 is 15.9 Å². The minimum Gasteiger partial charge on any atom is -0.203 e. The lowest BCUT2D eigenvalue weighted by Gasteiger charge is -2.14. The largest absolute Gasteiger partial charge is 0.416 e. The summed E-state index contributed by atoms with van der Waals surface area (Å²) >= 11 is 2.83. The third-order valence-corrected chi connectivity index (χ3v) is 3.66. The van der Waals surface area contributed by atoms with Gasteiger partial charge in [-0.3, -0.25) is 0 Å². The lowest BCUT2D eigenvalue weighted by molar-refractivity contribution is -0.137. The molecular formula is C14H5BrF8. The van der Waals surface area contributed by atoms with E-state index in [2.05, 4.69) is 15.9 Å².